The summed E-state index contributed by atoms with van der Waals surface area (Å²) in [5.41, 5.74) is 1.38. The Balaban J connectivity index is 1.41. The molecule has 178 valence electrons. The Morgan fingerprint density at radius 2 is 1.82 bits per heavy atom. The molecule has 2 aliphatic rings. The van der Waals surface area contributed by atoms with E-state index in [1.54, 1.807) is 6.07 Å². The molecule has 2 fully saturated rings. The molecule has 6 nitrogen and oxygen atoms in total. The highest BCUT2D eigenvalue weighted by atomic mass is 35.5. The minimum atomic E-state index is -3.79. The van der Waals surface area contributed by atoms with Crippen LogP contribution < -0.4 is 9.46 Å². The quantitative estimate of drug-likeness (QED) is 0.556. The molecular weight excluding hydrogens is 490 g/mol. The van der Waals surface area contributed by atoms with Gasteiger partial charge in [-0.2, -0.15) is 0 Å². The molecule has 1 saturated heterocycles. The number of rotatable bonds is 8. The summed E-state index contributed by atoms with van der Waals surface area (Å²) in [6.45, 7) is 4.83. The number of hydrogen-bond acceptors (Lipinski definition) is 5. The number of carbonyl (C=O) groups excluding carboxylic acids is 1. The zero-order valence-electron chi connectivity index (χ0n) is 18.3. The van der Waals surface area contributed by atoms with E-state index in [1.807, 2.05) is 16.9 Å². The van der Waals surface area contributed by atoms with Crippen LogP contribution in [0.2, 0.25) is 10.0 Å². The van der Waals surface area contributed by atoms with Gasteiger partial charge in [0.25, 0.3) is 5.91 Å². The highest BCUT2D eigenvalue weighted by Crippen LogP contribution is 2.45. The van der Waals surface area contributed by atoms with E-state index < -0.39 is 21.7 Å². The first-order valence-corrected chi connectivity index (χ1v) is 13.2. The Morgan fingerprint density at radius 3 is 2.39 bits per heavy atom. The van der Waals surface area contributed by atoms with Crippen molar-refractivity contribution in [3.8, 4) is 5.75 Å². The van der Waals surface area contributed by atoms with Crippen LogP contribution in [0.1, 0.15) is 47.2 Å². The molecule has 0 atom stereocenters. The Morgan fingerprint density at radius 1 is 1.18 bits per heavy atom. The van der Waals surface area contributed by atoms with Crippen LogP contribution in [-0.4, -0.2) is 45.2 Å². The summed E-state index contributed by atoms with van der Waals surface area (Å²) < 4.78 is 45.2. The second kappa shape index (κ2) is 9.06. The molecule has 0 bridgehead atoms. The minimum Gasteiger partial charge on any atom is -0.493 e. The van der Waals surface area contributed by atoms with Crippen LogP contribution in [0.5, 0.6) is 5.75 Å². The number of ether oxygens (including phenoxy) is 1. The number of carbonyl (C=O) groups is 1. The second-order valence-corrected chi connectivity index (χ2v) is 12.0. The molecule has 1 heterocycles. The molecule has 10 heteroatoms. The number of nitrogens with one attached hydrogen (secondary N) is 1. The van der Waals surface area contributed by atoms with Crippen molar-refractivity contribution in [3.05, 3.63) is 62.9 Å². The van der Waals surface area contributed by atoms with Gasteiger partial charge < -0.3 is 4.74 Å². The summed E-state index contributed by atoms with van der Waals surface area (Å²) in [6, 6.07) is 8.10. The molecule has 1 saturated carbocycles. The van der Waals surface area contributed by atoms with Crippen molar-refractivity contribution in [1.82, 2.24) is 9.62 Å². The average Bonchev–Trinajstić information content (AvgIpc) is 3.48. The summed E-state index contributed by atoms with van der Waals surface area (Å²) in [7, 11) is -3.79. The number of likely N-dealkylation sites (tertiary alicyclic amines) is 1. The summed E-state index contributed by atoms with van der Waals surface area (Å²) in [6.07, 6.45) is 2.69. The maximum atomic E-state index is 14.7. The van der Waals surface area contributed by atoms with Crippen molar-refractivity contribution in [1.29, 1.82) is 0 Å². The van der Waals surface area contributed by atoms with E-state index in [1.165, 1.54) is 12.1 Å². The van der Waals surface area contributed by atoms with Gasteiger partial charge in [0, 0.05) is 41.2 Å². The molecule has 1 aliphatic heterocycles. The van der Waals surface area contributed by atoms with Gasteiger partial charge in [-0.3, -0.25) is 9.69 Å². The first kappa shape index (κ1) is 24.3. The smallest absolute Gasteiger partial charge is 0.267 e. The van der Waals surface area contributed by atoms with Crippen molar-refractivity contribution >= 4 is 39.1 Å². The van der Waals surface area contributed by atoms with Gasteiger partial charge in [0.1, 0.15) is 11.6 Å². The molecule has 0 aromatic heterocycles. The van der Waals surface area contributed by atoms with Crippen LogP contribution in [0, 0.1) is 11.2 Å². The molecule has 0 radical (unpaired) electrons. The van der Waals surface area contributed by atoms with Crippen molar-refractivity contribution in [2.24, 2.45) is 5.41 Å². The van der Waals surface area contributed by atoms with E-state index in [0.29, 0.717) is 22.4 Å². The fraction of sp³-hybridized carbons (Fsp3) is 0.435. The maximum Gasteiger partial charge on any atom is 0.267 e. The lowest BCUT2D eigenvalue weighted by molar-refractivity contribution is -0.0247. The van der Waals surface area contributed by atoms with E-state index in [9.17, 15) is 17.6 Å². The molecular formula is C23H25Cl2FN2O4S. The van der Waals surface area contributed by atoms with E-state index in [2.05, 4.69) is 11.8 Å². The van der Waals surface area contributed by atoms with Gasteiger partial charge in [0.2, 0.25) is 10.0 Å². The third-order valence-corrected chi connectivity index (χ3v) is 6.75. The van der Waals surface area contributed by atoms with Gasteiger partial charge in [0.05, 0.1) is 18.4 Å². The summed E-state index contributed by atoms with van der Waals surface area (Å²) in [5.74, 6) is -1.20. The summed E-state index contributed by atoms with van der Waals surface area (Å²) >= 11 is 12.2. The van der Waals surface area contributed by atoms with E-state index in [4.69, 9.17) is 27.9 Å². The predicted octanol–water partition coefficient (Wildman–Crippen LogP) is 4.60. The fourth-order valence-corrected chi connectivity index (χ4v) is 5.27. The maximum absolute atomic E-state index is 14.7. The van der Waals surface area contributed by atoms with E-state index in [-0.39, 0.29) is 16.9 Å². The molecule has 1 aliphatic carbocycles. The number of amides is 1. The van der Waals surface area contributed by atoms with Crippen LogP contribution in [0.15, 0.2) is 30.3 Å². The second-order valence-electron chi connectivity index (χ2n) is 9.37. The largest absolute Gasteiger partial charge is 0.493 e. The minimum absolute atomic E-state index is 0.105. The lowest BCUT2D eigenvalue weighted by Crippen LogP contribution is -2.56. The van der Waals surface area contributed by atoms with Gasteiger partial charge in [-0.25, -0.2) is 17.5 Å². The fourth-order valence-electron chi connectivity index (χ4n) is 4.26. The monoisotopic (exact) mass is 514 g/mol. The first-order valence-electron chi connectivity index (χ1n) is 10.6. The van der Waals surface area contributed by atoms with Gasteiger partial charge in [-0.15, -0.1) is 0 Å². The van der Waals surface area contributed by atoms with Crippen LogP contribution in [0.25, 0.3) is 0 Å². The van der Waals surface area contributed by atoms with Crippen LogP contribution in [0.3, 0.4) is 0 Å². The van der Waals surface area contributed by atoms with Crippen molar-refractivity contribution < 1.29 is 22.3 Å². The molecule has 2 aromatic carbocycles. The highest BCUT2D eigenvalue weighted by Gasteiger charge is 2.40. The lowest BCUT2D eigenvalue weighted by Gasteiger charge is -2.48. The van der Waals surface area contributed by atoms with Gasteiger partial charge in [-0.05, 0) is 54.2 Å². The number of sulfonamides is 1. The lowest BCUT2D eigenvalue weighted by atomic mass is 9.82. The molecule has 4 rings (SSSR count). The number of benzene rings is 2. The Kier molecular flexibility index (Phi) is 6.66. The Labute approximate surface area is 203 Å². The average molecular weight is 515 g/mol. The predicted molar refractivity (Wildman–Crippen MR) is 126 cm³/mol. The molecule has 0 spiro atoms. The summed E-state index contributed by atoms with van der Waals surface area (Å²) in [4.78, 5) is 14.5. The number of nitrogens with zero attached hydrogens (tertiary/aromatic N) is 1. The third-order valence-electron chi connectivity index (χ3n) is 5.75. The van der Waals surface area contributed by atoms with Gasteiger partial charge in [0.15, 0.2) is 0 Å². The Bertz CT molecular complexity index is 1170. The number of halogens is 3. The van der Waals surface area contributed by atoms with Crippen molar-refractivity contribution in [3.63, 3.8) is 0 Å². The zero-order valence-corrected chi connectivity index (χ0v) is 20.7. The highest BCUT2D eigenvalue weighted by molar-refractivity contribution is 7.89. The third kappa shape index (κ3) is 6.18. The van der Waals surface area contributed by atoms with Gasteiger partial charge >= 0.3 is 0 Å². The van der Waals surface area contributed by atoms with Gasteiger partial charge in [-0.1, -0.05) is 30.1 Å². The molecule has 0 unspecified atom stereocenters. The standard InChI is InChI=1S/C23H25Cl2FN2O4S/c1-23(11-28(12-23)10-14-5-16(24)7-17(25)6-14)13-32-21-9-20(26)19(8-18(21)15-3-4-15)22(29)27-33(2,30)31/h5-9,15H,3-4,10-13H2,1-2H3,(H,27,29). The van der Waals surface area contributed by atoms with E-state index in [0.717, 1.165) is 49.9 Å². The number of hydrogen-bond donors (Lipinski definition) is 1. The van der Waals surface area contributed by atoms with Crippen LogP contribution >= 0.6 is 23.2 Å². The van der Waals surface area contributed by atoms with Crippen LogP contribution in [0.4, 0.5) is 4.39 Å². The van der Waals surface area contributed by atoms with E-state index >= 15 is 0 Å². The SMILES string of the molecule is CC1(COc2cc(F)c(C(=O)NS(C)(=O)=O)cc2C2CC2)CN(Cc2cc(Cl)cc(Cl)c2)C1. The zero-order chi connectivity index (χ0) is 24.0. The topological polar surface area (TPSA) is 75.7 Å². The normalized spacial score (nSPS) is 18.0. The Hall–Kier alpha value is -1.87. The molecule has 1 N–H and O–H groups in total. The summed E-state index contributed by atoms with van der Waals surface area (Å²) in [5, 5.41) is 1.21. The molecule has 33 heavy (non-hydrogen) atoms. The van der Waals surface area contributed by atoms with Crippen molar-refractivity contribution in [2.45, 2.75) is 32.2 Å². The molecule has 2 aromatic rings. The molecule has 1 amide bonds. The van der Waals surface area contributed by atoms with Crippen molar-refractivity contribution in [2.75, 3.05) is 26.0 Å². The first-order chi connectivity index (χ1) is 15.4. The van der Waals surface area contributed by atoms with Crippen LogP contribution in [-0.2, 0) is 16.6 Å².